The zero-order valence-corrected chi connectivity index (χ0v) is 20.3. The second-order valence-electron chi connectivity index (χ2n) is 8.69. The van der Waals surface area contributed by atoms with Gasteiger partial charge in [0.05, 0.1) is 20.3 Å². The molecule has 0 aliphatic carbocycles. The van der Waals surface area contributed by atoms with Crippen LogP contribution in [0.25, 0.3) is 0 Å². The summed E-state index contributed by atoms with van der Waals surface area (Å²) in [6.45, 7) is -1.07. The Morgan fingerprint density at radius 3 is 2.32 bits per heavy atom. The van der Waals surface area contributed by atoms with Crippen molar-refractivity contribution >= 4 is 0 Å². The smallest absolute Gasteiger partial charge is 0.186 e. The lowest BCUT2D eigenvalue weighted by molar-refractivity contribution is -0.305. The zero-order valence-electron chi connectivity index (χ0n) is 20.3. The first kappa shape index (κ1) is 28.9. The molecule has 12 heteroatoms. The Morgan fingerprint density at radius 1 is 0.919 bits per heavy atom. The first-order valence-electron chi connectivity index (χ1n) is 11.8. The van der Waals surface area contributed by atoms with Crippen molar-refractivity contribution in [3.8, 4) is 23.0 Å². The van der Waals surface area contributed by atoms with Crippen LogP contribution in [-0.2, 0) is 15.9 Å². The molecule has 12 nitrogen and oxygen atoms in total. The van der Waals surface area contributed by atoms with E-state index in [0.717, 1.165) is 5.56 Å². The van der Waals surface area contributed by atoms with Gasteiger partial charge in [-0.2, -0.15) is 0 Å². The van der Waals surface area contributed by atoms with Gasteiger partial charge in [0.1, 0.15) is 30.5 Å². The van der Waals surface area contributed by atoms with Crippen LogP contribution in [0.2, 0.25) is 0 Å². The molecule has 2 aromatic carbocycles. The van der Waals surface area contributed by atoms with Gasteiger partial charge < -0.3 is 59.8 Å². The zero-order chi connectivity index (χ0) is 27.1. The molecule has 3 rings (SSSR count). The average Bonchev–Trinajstić information content (AvgIpc) is 2.90. The van der Waals surface area contributed by atoms with E-state index in [1.54, 1.807) is 6.07 Å². The lowest BCUT2D eigenvalue weighted by Gasteiger charge is -2.40. The number of phenolic OH excluding ortho intramolecular Hbond substituents is 2. The molecule has 1 aliphatic heterocycles. The molecule has 1 aliphatic rings. The Labute approximate surface area is 213 Å². The first-order chi connectivity index (χ1) is 17.7. The number of aromatic hydroxyl groups is 2. The number of hydrogen-bond donors (Lipinski definition) is 8. The van der Waals surface area contributed by atoms with Crippen molar-refractivity contribution in [1.82, 2.24) is 0 Å². The van der Waals surface area contributed by atoms with Gasteiger partial charge in [0, 0.05) is 6.61 Å². The highest BCUT2D eigenvalue weighted by Gasteiger charge is 2.44. The van der Waals surface area contributed by atoms with E-state index in [1.807, 2.05) is 0 Å². The fraction of sp³-hybridized carbons (Fsp3) is 0.520. The highest BCUT2D eigenvalue weighted by atomic mass is 16.7. The van der Waals surface area contributed by atoms with E-state index in [2.05, 4.69) is 0 Å². The van der Waals surface area contributed by atoms with Crippen molar-refractivity contribution in [2.24, 2.45) is 0 Å². The SMILES string of the molecule is COc1cc(C(O)C(COC2OC(CO)C(O)C(O)C2O)Oc2ccc(CCCO)cc2O)ccc1O. The molecular weight excluding hydrogens is 492 g/mol. The van der Waals surface area contributed by atoms with Crippen LogP contribution in [0, 0.1) is 0 Å². The number of phenols is 2. The number of hydrogen-bond acceptors (Lipinski definition) is 12. The van der Waals surface area contributed by atoms with Crippen LogP contribution in [0.5, 0.6) is 23.0 Å². The van der Waals surface area contributed by atoms with Crippen LogP contribution in [-0.4, -0.2) is 105 Å². The van der Waals surface area contributed by atoms with Gasteiger partial charge in [0.15, 0.2) is 35.4 Å². The third-order valence-electron chi connectivity index (χ3n) is 6.10. The molecule has 7 unspecified atom stereocenters. The molecule has 0 spiro atoms. The maximum Gasteiger partial charge on any atom is 0.186 e. The van der Waals surface area contributed by atoms with E-state index in [0.29, 0.717) is 12.8 Å². The molecule has 37 heavy (non-hydrogen) atoms. The summed E-state index contributed by atoms with van der Waals surface area (Å²) in [7, 11) is 1.35. The molecule has 2 aromatic rings. The number of rotatable bonds is 12. The number of ether oxygens (including phenoxy) is 4. The summed E-state index contributed by atoms with van der Waals surface area (Å²) in [5, 5.41) is 80.2. The topological polar surface area (TPSA) is 199 Å². The third-order valence-corrected chi connectivity index (χ3v) is 6.10. The Kier molecular flexibility index (Phi) is 10.3. The van der Waals surface area contributed by atoms with Crippen molar-refractivity contribution in [3.05, 3.63) is 47.5 Å². The monoisotopic (exact) mass is 526 g/mol. The lowest BCUT2D eigenvalue weighted by atomic mass is 9.99. The Hall–Kier alpha value is -2.68. The molecule has 0 saturated carbocycles. The molecule has 7 atom stereocenters. The fourth-order valence-corrected chi connectivity index (χ4v) is 3.94. The van der Waals surface area contributed by atoms with Crippen LogP contribution < -0.4 is 9.47 Å². The van der Waals surface area contributed by atoms with Gasteiger partial charge in [-0.05, 0) is 48.2 Å². The van der Waals surface area contributed by atoms with Crippen molar-refractivity contribution in [2.45, 2.75) is 55.8 Å². The minimum Gasteiger partial charge on any atom is -0.504 e. The molecule has 1 fully saturated rings. The van der Waals surface area contributed by atoms with Crippen LogP contribution in [0.15, 0.2) is 36.4 Å². The van der Waals surface area contributed by atoms with Gasteiger partial charge in [-0.3, -0.25) is 0 Å². The first-order valence-corrected chi connectivity index (χ1v) is 11.8. The van der Waals surface area contributed by atoms with Gasteiger partial charge in [0.25, 0.3) is 0 Å². The minimum absolute atomic E-state index is 0.00133. The van der Waals surface area contributed by atoms with E-state index >= 15 is 0 Å². The van der Waals surface area contributed by atoms with Gasteiger partial charge >= 0.3 is 0 Å². The molecule has 0 radical (unpaired) electrons. The molecule has 206 valence electrons. The maximum absolute atomic E-state index is 11.1. The normalized spacial score (nSPS) is 25.4. The van der Waals surface area contributed by atoms with Crippen LogP contribution >= 0.6 is 0 Å². The van der Waals surface area contributed by atoms with Crippen LogP contribution in [0.3, 0.4) is 0 Å². The molecular formula is C25H34O12. The average molecular weight is 527 g/mol. The van der Waals surface area contributed by atoms with Gasteiger partial charge in [-0.1, -0.05) is 12.1 Å². The van der Waals surface area contributed by atoms with E-state index < -0.39 is 56.1 Å². The van der Waals surface area contributed by atoms with E-state index in [9.17, 15) is 35.7 Å². The summed E-state index contributed by atoms with van der Waals surface area (Å²) in [6, 6.07) is 8.80. The predicted molar refractivity (Wildman–Crippen MR) is 127 cm³/mol. The van der Waals surface area contributed by atoms with E-state index in [4.69, 9.17) is 24.1 Å². The second-order valence-corrected chi connectivity index (χ2v) is 8.69. The second kappa shape index (κ2) is 13.2. The summed E-state index contributed by atoms with van der Waals surface area (Å²) in [4.78, 5) is 0. The summed E-state index contributed by atoms with van der Waals surface area (Å²) in [6.07, 6.45) is -9.12. The standard InChI is InChI=1S/C25H34O12/c1-34-18-10-14(5-6-15(18)28)21(30)20(36-17-7-4-13(3-2-8-26)9-16(17)29)12-35-25-24(33)23(32)22(31)19(11-27)37-25/h4-7,9-10,19-33H,2-3,8,11-12H2,1H3. The molecule has 0 aromatic heterocycles. The number of benzene rings is 2. The summed E-state index contributed by atoms with van der Waals surface area (Å²) in [5.74, 6) is -0.255. The highest BCUT2D eigenvalue weighted by Crippen LogP contribution is 2.34. The van der Waals surface area contributed by atoms with Crippen LogP contribution in [0.1, 0.15) is 23.7 Å². The Balaban J connectivity index is 1.83. The quantitative estimate of drug-likeness (QED) is 0.174. The maximum atomic E-state index is 11.1. The number of aryl methyl sites for hydroxylation is 1. The molecule has 8 N–H and O–H groups in total. The lowest BCUT2D eigenvalue weighted by Crippen LogP contribution is -2.59. The Bertz CT molecular complexity index is 1000. The highest BCUT2D eigenvalue weighted by molar-refractivity contribution is 5.44. The van der Waals surface area contributed by atoms with Crippen LogP contribution in [0.4, 0.5) is 0 Å². The molecule has 1 saturated heterocycles. The van der Waals surface area contributed by atoms with Crippen molar-refractivity contribution in [3.63, 3.8) is 0 Å². The van der Waals surface area contributed by atoms with E-state index in [1.165, 1.54) is 37.4 Å². The molecule has 0 amide bonds. The number of methoxy groups -OCH3 is 1. The number of aliphatic hydroxyl groups is 6. The summed E-state index contributed by atoms with van der Waals surface area (Å²) in [5.41, 5.74) is 1.04. The van der Waals surface area contributed by atoms with Crippen molar-refractivity contribution < 1.29 is 59.8 Å². The molecule has 1 heterocycles. The predicted octanol–water partition coefficient (Wildman–Crippen LogP) is -0.671. The Morgan fingerprint density at radius 2 is 1.68 bits per heavy atom. The fourth-order valence-electron chi connectivity index (χ4n) is 3.94. The largest absolute Gasteiger partial charge is 0.504 e. The van der Waals surface area contributed by atoms with E-state index in [-0.39, 0.29) is 35.2 Å². The van der Waals surface area contributed by atoms with Gasteiger partial charge in [-0.25, -0.2) is 0 Å². The van der Waals surface area contributed by atoms with Gasteiger partial charge in [-0.15, -0.1) is 0 Å². The third kappa shape index (κ3) is 7.00. The minimum atomic E-state index is -1.66. The number of aliphatic hydroxyl groups excluding tert-OH is 6. The van der Waals surface area contributed by atoms with Crippen molar-refractivity contribution in [1.29, 1.82) is 0 Å². The molecule has 0 bridgehead atoms. The summed E-state index contributed by atoms with van der Waals surface area (Å²) < 4.78 is 21.9. The van der Waals surface area contributed by atoms with Crippen molar-refractivity contribution in [2.75, 3.05) is 26.9 Å². The van der Waals surface area contributed by atoms with Gasteiger partial charge in [0.2, 0.25) is 0 Å². The summed E-state index contributed by atoms with van der Waals surface area (Å²) >= 11 is 0.